The molecule has 0 fully saturated rings. The summed E-state index contributed by atoms with van der Waals surface area (Å²) in [4.78, 5) is 5.94. The number of hydrogen-bond donors (Lipinski definition) is 0. The van der Waals surface area contributed by atoms with Gasteiger partial charge in [-0.25, -0.2) is 4.98 Å². The molecule has 0 saturated heterocycles. The van der Waals surface area contributed by atoms with Crippen LogP contribution in [0.1, 0.15) is 27.3 Å². The Morgan fingerprint density at radius 3 is 2.06 bits per heavy atom. The Hall–Kier alpha value is -1.15. The monoisotopic (exact) mass is 231 g/mol. The zero-order valence-electron chi connectivity index (χ0n) is 10.5. The minimum absolute atomic E-state index is 1.15. The third-order valence-electron chi connectivity index (χ3n) is 3.10. The lowest BCUT2D eigenvalue weighted by molar-refractivity contribution is 1.22. The quantitative estimate of drug-likeness (QED) is 0.711. The first-order valence-corrected chi connectivity index (χ1v) is 6.33. The molecule has 0 aliphatic heterocycles. The van der Waals surface area contributed by atoms with Crippen molar-refractivity contribution in [2.45, 2.75) is 34.6 Å². The lowest BCUT2D eigenvalue weighted by atomic mass is 10.0. The summed E-state index contributed by atoms with van der Waals surface area (Å²) >= 11 is 1.79. The van der Waals surface area contributed by atoms with Crippen molar-refractivity contribution in [3.8, 4) is 10.6 Å². The Bertz CT molecular complexity index is 518. The van der Waals surface area contributed by atoms with E-state index in [1.54, 1.807) is 11.3 Å². The molecule has 84 valence electrons. The second-order valence-corrected chi connectivity index (χ2v) is 5.62. The fraction of sp³-hybridized carbons (Fsp3) is 0.357. The number of aryl methyl sites for hydroxylation is 5. The summed E-state index contributed by atoms with van der Waals surface area (Å²) in [5.41, 5.74) is 6.44. The standard InChI is InChI=1S/C14H17NS/c1-8-6-10(3)13(7-9(8)2)14-15-11(4)12(5)16-14/h6-7H,1-5H3. The van der Waals surface area contributed by atoms with Gasteiger partial charge in [-0.05, 0) is 57.4 Å². The minimum atomic E-state index is 1.15. The van der Waals surface area contributed by atoms with Crippen molar-refractivity contribution in [1.29, 1.82) is 0 Å². The van der Waals surface area contributed by atoms with Crippen LogP contribution in [-0.2, 0) is 0 Å². The Labute approximate surface area is 101 Å². The van der Waals surface area contributed by atoms with E-state index in [0.29, 0.717) is 0 Å². The molecule has 0 amide bonds. The topological polar surface area (TPSA) is 12.9 Å². The van der Waals surface area contributed by atoms with Gasteiger partial charge < -0.3 is 0 Å². The summed E-state index contributed by atoms with van der Waals surface area (Å²) in [5.74, 6) is 0. The van der Waals surface area contributed by atoms with E-state index in [1.165, 1.54) is 27.1 Å². The molecule has 0 unspecified atom stereocenters. The Morgan fingerprint density at radius 1 is 0.875 bits per heavy atom. The molecule has 2 rings (SSSR count). The highest BCUT2D eigenvalue weighted by Gasteiger charge is 2.09. The average molecular weight is 231 g/mol. The van der Waals surface area contributed by atoms with E-state index in [4.69, 9.17) is 0 Å². The van der Waals surface area contributed by atoms with E-state index in [2.05, 4.69) is 51.7 Å². The number of hydrogen-bond acceptors (Lipinski definition) is 2. The van der Waals surface area contributed by atoms with Crippen LogP contribution in [0.5, 0.6) is 0 Å². The van der Waals surface area contributed by atoms with Gasteiger partial charge in [0.1, 0.15) is 5.01 Å². The van der Waals surface area contributed by atoms with Gasteiger partial charge >= 0.3 is 0 Å². The van der Waals surface area contributed by atoms with Crippen LogP contribution in [0.2, 0.25) is 0 Å². The van der Waals surface area contributed by atoms with E-state index in [0.717, 1.165) is 10.7 Å². The molecule has 2 aromatic rings. The molecular formula is C14H17NS. The second kappa shape index (κ2) is 4.02. The maximum atomic E-state index is 4.63. The maximum Gasteiger partial charge on any atom is 0.124 e. The highest BCUT2D eigenvalue weighted by Crippen LogP contribution is 2.31. The van der Waals surface area contributed by atoms with E-state index < -0.39 is 0 Å². The molecular weight excluding hydrogens is 214 g/mol. The molecule has 0 aliphatic carbocycles. The summed E-state index contributed by atoms with van der Waals surface area (Å²) in [6.07, 6.45) is 0. The smallest absolute Gasteiger partial charge is 0.124 e. The molecule has 1 heterocycles. The van der Waals surface area contributed by atoms with Crippen molar-refractivity contribution in [1.82, 2.24) is 4.98 Å². The van der Waals surface area contributed by atoms with Crippen LogP contribution in [0.25, 0.3) is 10.6 Å². The molecule has 0 saturated carbocycles. The summed E-state index contributed by atoms with van der Waals surface area (Å²) in [5, 5.41) is 1.15. The molecule has 0 N–H and O–H groups in total. The predicted molar refractivity (Wildman–Crippen MR) is 71.2 cm³/mol. The summed E-state index contributed by atoms with van der Waals surface area (Å²) in [6.45, 7) is 10.7. The Morgan fingerprint density at radius 2 is 1.50 bits per heavy atom. The highest BCUT2D eigenvalue weighted by molar-refractivity contribution is 7.15. The zero-order chi connectivity index (χ0) is 11.9. The van der Waals surface area contributed by atoms with Crippen molar-refractivity contribution in [3.63, 3.8) is 0 Å². The largest absolute Gasteiger partial charge is 0.241 e. The number of benzene rings is 1. The van der Waals surface area contributed by atoms with Gasteiger partial charge in [-0.3, -0.25) is 0 Å². The van der Waals surface area contributed by atoms with Crippen LogP contribution in [-0.4, -0.2) is 4.98 Å². The van der Waals surface area contributed by atoms with Crippen LogP contribution in [0.3, 0.4) is 0 Å². The lowest BCUT2D eigenvalue weighted by Crippen LogP contribution is -1.88. The number of rotatable bonds is 1. The van der Waals surface area contributed by atoms with E-state index in [1.807, 2.05) is 0 Å². The van der Waals surface area contributed by atoms with Crippen LogP contribution in [0.15, 0.2) is 12.1 Å². The molecule has 1 aromatic heterocycles. The van der Waals surface area contributed by atoms with Gasteiger partial charge in [-0.15, -0.1) is 11.3 Å². The van der Waals surface area contributed by atoms with E-state index >= 15 is 0 Å². The molecule has 0 atom stereocenters. The van der Waals surface area contributed by atoms with Crippen molar-refractivity contribution in [2.24, 2.45) is 0 Å². The van der Waals surface area contributed by atoms with Gasteiger partial charge in [0.2, 0.25) is 0 Å². The van der Waals surface area contributed by atoms with Crippen molar-refractivity contribution >= 4 is 11.3 Å². The molecule has 1 aromatic carbocycles. The van der Waals surface area contributed by atoms with E-state index in [-0.39, 0.29) is 0 Å². The predicted octanol–water partition coefficient (Wildman–Crippen LogP) is 4.35. The van der Waals surface area contributed by atoms with Gasteiger partial charge in [-0.1, -0.05) is 6.07 Å². The third kappa shape index (κ3) is 1.90. The number of aromatic nitrogens is 1. The van der Waals surface area contributed by atoms with Gasteiger partial charge in [0.05, 0.1) is 5.69 Å². The first-order chi connectivity index (χ1) is 7.49. The van der Waals surface area contributed by atoms with Crippen LogP contribution in [0.4, 0.5) is 0 Å². The molecule has 0 spiro atoms. The number of nitrogens with zero attached hydrogens (tertiary/aromatic N) is 1. The maximum absolute atomic E-state index is 4.63. The molecule has 0 radical (unpaired) electrons. The summed E-state index contributed by atoms with van der Waals surface area (Å²) in [6, 6.07) is 4.50. The van der Waals surface area contributed by atoms with Crippen molar-refractivity contribution in [2.75, 3.05) is 0 Å². The summed E-state index contributed by atoms with van der Waals surface area (Å²) in [7, 11) is 0. The summed E-state index contributed by atoms with van der Waals surface area (Å²) < 4.78 is 0. The highest BCUT2D eigenvalue weighted by atomic mass is 32.1. The Balaban J connectivity index is 2.60. The Kier molecular flexibility index (Phi) is 2.85. The minimum Gasteiger partial charge on any atom is -0.241 e. The first-order valence-electron chi connectivity index (χ1n) is 5.51. The lowest BCUT2D eigenvalue weighted by Gasteiger charge is -2.07. The second-order valence-electron chi connectivity index (χ2n) is 4.41. The SMILES string of the molecule is Cc1cc(C)c(-c2nc(C)c(C)s2)cc1C. The van der Waals surface area contributed by atoms with Crippen molar-refractivity contribution in [3.05, 3.63) is 39.4 Å². The molecule has 16 heavy (non-hydrogen) atoms. The number of thiazole rings is 1. The third-order valence-corrected chi connectivity index (χ3v) is 4.21. The zero-order valence-corrected chi connectivity index (χ0v) is 11.3. The average Bonchev–Trinajstić information content (AvgIpc) is 2.53. The molecule has 0 bridgehead atoms. The van der Waals surface area contributed by atoms with Crippen molar-refractivity contribution < 1.29 is 0 Å². The van der Waals surface area contributed by atoms with Gasteiger partial charge in [0.25, 0.3) is 0 Å². The van der Waals surface area contributed by atoms with Crippen LogP contribution < -0.4 is 0 Å². The van der Waals surface area contributed by atoms with E-state index in [9.17, 15) is 0 Å². The molecule has 1 nitrogen and oxygen atoms in total. The van der Waals surface area contributed by atoms with Crippen LogP contribution in [0, 0.1) is 34.6 Å². The fourth-order valence-electron chi connectivity index (χ4n) is 1.78. The molecule has 0 aliphatic rings. The molecule has 2 heteroatoms. The van der Waals surface area contributed by atoms with Gasteiger partial charge in [0.15, 0.2) is 0 Å². The van der Waals surface area contributed by atoms with Gasteiger partial charge in [-0.2, -0.15) is 0 Å². The van der Waals surface area contributed by atoms with Crippen LogP contribution >= 0.6 is 11.3 Å². The first kappa shape index (κ1) is 11.3. The van der Waals surface area contributed by atoms with Gasteiger partial charge in [0, 0.05) is 10.4 Å². The normalized spacial score (nSPS) is 10.8. The fourth-order valence-corrected chi connectivity index (χ4v) is 2.77.